The third-order valence-electron chi connectivity index (χ3n) is 4.53. The summed E-state index contributed by atoms with van der Waals surface area (Å²) in [6.45, 7) is 2.85. The number of primary amides is 1. The second-order valence-corrected chi connectivity index (χ2v) is 8.62. The molecule has 160 valence electrons. The molecule has 9 nitrogen and oxygen atoms in total. The number of ether oxygens (including phenoxy) is 2. The van der Waals surface area contributed by atoms with Gasteiger partial charge in [-0.2, -0.15) is 4.31 Å². The van der Waals surface area contributed by atoms with Gasteiger partial charge in [-0.1, -0.05) is 6.07 Å². The molecule has 1 aliphatic heterocycles. The van der Waals surface area contributed by atoms with E-state index in [0.29, 0.717) is 43.3 Å². The molecule has 1 saturated heterocycles. The molecule has 0 radical (unpaired) electrons. The molecule has 0 bridgehead atoms. The third-order valence-corrected chi connectivity index (χ3v) is 6.42. The molecular formula is C20H23N3O6S. The first kappa shape index (κ1) is 21.8. The second-order valence-electron chi connectivity index (χ2n) is 6.68. The quantitative estimate of drug-likeness (QED) is 0.676. The Labute approximate surface area is 174 Å². The molecule has 3 rings (SSSR count). The smallest absolute Gasteiger partial charge is 0.265 e. The fraction of sp³-hybridized carbons (Fsp3) is 0.300. The van der Waals surface area contributed by atoms with Gasteiger partial charge in [0, 0.05) is 24.3 Å². The van der Waals surface area contributed by atoms with Gasteiger partial charge < -0.3 is 20.5 Å². The summed E-state index contributed by atoms with van der Waals surface area (Å²) in [5, 5.41) is 2.66. The number of nitrogens with one attached hydrogen (secondary N) is 1. The van der Waals surface area contributed by atoms with Crippen molar-refractivity contribution in [3.63, 3.8) is 0 Å². The van der Waals surface area contributed by atoms with E-state index in [-0.39, 0.29) is 4.90 Å². The number of amides is 2. The van der Waals surface area contributed by atoms with Crippen LogP contribution in [-0.4, -0.2) is 56.9 Å². The average Bonchev–Trinajstić information content (AvgIpc) is 2.75. The van der Waals surface area contributed by atoms with Gasteiger partial charge in [0.2, 0.25) is 15.9 Å². The lowest BCUT2D eigenvalue weighted by molar-refractivity contribution is -0.122. The highest BCUT2D eigenvalue weighted by Gasteiger charge is 2.26. The van der Waals surface area contributed by atoms with E-state index in [1.54, 1.807) is 31.2 Å². The predicted molar refractivity (Wildman–Crippen MR) is 110 cm³/mol. The highest BCUT2D eigenvalue weighted by atomic mass is 32.2. The minimum atomic E-state index is -3.67. The SMILES string of the molecule is CC(Oc1ccc(C(N)=O)cc1)C(=O)Nc1cccc(S(=O)(=O)N2CCOCC2)c1. The van der Waals surface area contributed by atoms with Crippen LogP contribution in [-0.2, 0) is 19.6 Å². The standard InChI is InChI=1S/C20H23N3O6S/c1-14(29-17-7-5-15(6-8-17)19(21)24)20(25)22-16-3-2-4-18(13-16)30(26,27)23-9-11-28-12-10-23/h2-8,13-14H,9-12H2,1H3,(H2,21,24)(H,22,25). The van der Waals surface area contributed by atoms with Crippen molar-refractivity contribution < 1.29 is 27.5 Å². The Morgan fingerprint density at radius 2 is 1.80 bits per heavy atom. The molecule has 1 atom stereocenters. The first-order chi connectivity index (χ1) is 14.3. The molecule has 30 heavy (non-hydrogen) atoms. The van der Waals surface area contributed by atoms with Gasteiger partial charge >= 0.3 is 0 Å². The summed E-state index contributed by atoms with van der Waals surface area (Å²) in [7, 11) is -3.67. The van der Waals surface area contributed by atoms with Crippen molar-refractivity contribution in [2.24, 2.45) is 5.73 Å². The molecule has 2 amide bonds. The van der Waals surface area contributed by atoms with Crippen molar-refractivity contribution >= 4 is 27.5 Å². The van der Waals surface area contributed by atoms with E-state index >= 15 is 0 Å². The van der Waals surface area contributed by atoms with Crippen LogP contribution in [0.1, 0.15) is 17.3 Å². The number of morpholine rings is 1. The van der Waals surface area contributed by atoms with Crippen molar-refractivity contribution in [1.82, 2.24) is 4.31 Å². The zero-order chi connectivity index (χ0) is 21.7. The number of hydrogen-bond donors (Lipinski definition) is 2. The summed E-state index contributed by atoms with van der Waals surface area (Å²) in [6.07, 6.45) is -0.857. The van der Waals surface area contributed by atoms with E-state index in [1.807, 2.05) is 0 Å². The molecule has 2 aromatic carbocycles. The van der Waals surface area contributed by atoms with Gasteiger partial charge in [-0.05, 0) is 49.4 Å². The maximum absolute atomic E-state index is 12.8. The minimum Gasteiger partial charge on any atom is -0.481 e. The van der Waals surface area contributed by atoms with Crippen molar-refractivity contribution in [2.75, 3.05) is 31.6 Å². The van der Waals surface area contributed by atoms with Crippen LogP contribution >= 0.6 is 0 Å². The molecule has 0 saturated carbocycles. The van der Waals surface area contributed by atoms with Crippen LogP contribution in [0.4, 0.5) is 5.69 Å². The summed E-state index contributed by atoms with van der Waals surface area (Å²) in [5.74, 6) is -0.611. The van der Waals surface area contributed by atoms with Crippen LogP contribution in [0.2, 0.25) is 0 Å². The Morgan fingerprint density at radius 3 is 2.43 bits per heavy atom. The number of nitrogens with zero attached hydrogens (tertiary/aromatic N) is 1. The van der Waals surface area contributed by atoms with Gasteiger partial charge in [0.25, 0.3) is 5.91 Å². The maximum atomic E-state index is 12.8. The highest BCUT2D eigenvalue weighted by Crippen LogP contribution is 2.21. The van der Waals surface area contributed by atoms with E-state index in [1.165, 1.54) is 28.6 Å². The molecule has 1 fully saturated rings. The summed E-state index contributed by atoms with van der Waals surface area (Å²) in [5.41, 5.74) is 5.87. The molecule has 1 aliphatic rings. The van der Waals surface area contributed by atoms with Crippen LogP contribution in [0.15, 0.2) is 53.4 Å². The number of carbonyl (C=O) groups excluding carboxylic acids is 2. The van der Waals surface area contributed by atoms with Crippen molar-refractivity contribution in [1.29, 1.82) is 0 Å². The molecule has 0 aliphatic carbocycles. The Balaban J connectivity index is 1.66. The van der Waals surface area contributed by atoms with Crippen LogP contribution in [0.3, 0.4) is 0 Å². The highest BCUT2D eigenvalue weighted by molar-refractivity contribution is 7.89. The van der Waals surface area contributed by atoms with Gasteiger partial charge in [-0.15, -0.1) is 0 Å². The molecule has 2 aromatic rings. The monoisotopic (exact) mass is 433 g/mol. The third kappa shape index (κ3) is 5.15. The Bertz CT molecular complexity index is 1020. The summed E-state index contributed by atoms with van der Waals surface area (Å²) >= 11 is 0. The Kier molecular flexibility index (Phi) is 6.70. The Hall–Kier alpha value is -2.95. The van der Waals surface area contributed by atoms with Crippen molar-refractivity contribution in [3.8, 4) is 5.75 Å². The molecule has 10 heteroatoms. The van der Waals surface area contributed by atoms with Crippen LogP contribution < -0.4 is 15.8 Å². The van der Waals surface area contributed by atoms with E-state index in [4.69, 9.17) is 15.2 Å². The van der Waals surface area contributed by atoms with Crippen LogP contribution in [0.5, 0.6) is 5.75 Å². The van der Waals surface area contributed by atoms with E-state index in [0.717, 1.165) is 0 Å². The first-order valence-corrected chi connectivity index (χ1v) is 10.8. The number of benzene rings is 2. The first-order valence-electron chi connectivity index (χ1n) is 9.33. The number of anilines is 1. The summed E-state index contributed by atoms with van der Waals surface area (Å²) in [6, 6.07) is 12.2. The number of rotatable bonds is 7. The maximum Gasteiger partial charge on any atom is 0.265 e. The fourth-order valence-corrected chi connectivity index (χ4v) is 4.32. The molecular weight excluding hydrogens is 410 g/mol. The van der Waals surface area contributed by atoms with Gasteiger partial charge in [-0.3, -0.25) is 9.59 Å². The summed E-state index contributed by atoms with van der Waals surface area (Å²) in [4.78, 5) is 23.7. The zero-order valence-corrected chi connectivity index (χ0v) is 17.2. The lowest BCUT2D eigenvalue weighted by Crippen LogP contribution is -2.40. The van der Waals surface area contributed by atoms with Gasteiger partial charge in [0.15, 0.2) is 6.10 Å². The van der Waals surface area contributed by atoms with Crippen LogP contribution in [0.25, 0.3) is 0 Å². The molecule has 3 N–H and O–H groups in total. The Morgan fingerprint density at radius 1 is 1.13 bits per heavy atom. The van der Waals surface area contributed by atoms with E-state index in [9.17, 15) is 18.0 Å². The normalized spacial score (nSPS) is 15.9. The van der Waals surface area contributed by atoms with Crippen LogP contribution in [0, 0.1) is 0 Å². The van der Waals surface area contributed by atoms with Gasteiger partial charge in [0.1, 0.15) is 5.75 Å². The minimum absolute atomic E-state index is 0.0952. The molecule has 1 unspecified atom stereocenters. The molecule has 0 spiro atoms. The van der Waals surface area contributed by atoms with E-state index in [2.05, 4.69) is 5.32 Å². The number of nitrogens with two attached hydrogens (primary N) is 1. The van der Waals surface area contributed by atoms with Crippen molar-refractivity contribution in [3.05, 3.63) is 54.1 Å². The fourth-order valence-electron chi connectivity index (χ4n) is 2.87. The van der Waals surface area contributed by atoms with Gasteiger partial charge in [-0.25, -0.2) is 8.42 Å². The summed E-state index contributed by atoms with van der Waals surface area (Å²) < 4.78 is 37.7. The molecule has 1 heterocycles. The average molecular weight is 433 g/mol. The van der Waals surface area contributed by atoms with Gasteiger partial charge in [0.05, 0.1) is 18.1 Å². The number of sulfonamides is 1. The second kappa shape index (κ2) is 9.24. The number of carbonyl (C=O) groups is 2. The predicted octanol–water partition coefficient (Wildman–Crippen LogP) is 1.21. The largest absolute Gasteiger partial charge is 0.481 e. The lowest BCUT2D eigenvalue weighted by atomic mass is 10.2. The van der Waals surface area contributed by atoms with E-state index < -0.39 is 27.9 Å². The molecule has 0 aromatic heterocycles. The van der Waals surface area contributed by atoms with Crippen molar-refractivity contribution in [2.45, 2.75) is 17.9 Å². The zero-order valence-electron chi connectivity index (χ0n) is 16.4. The lowest BCUT2D eigenvalue weighted by Gasteiger charge is -2.26. The number of hydrogen-bond acceptors (Lipinski definition) is 6. The topological polar surface area (TPSA) is 128 Å².